The van der Waals surface area contributed by atoms with Crippen LogP contribution in [0.5, 0.6) is 5.75 Å². The molecule has 0 spiro atoms. The fraction of sp³-hybridized carbons (Fsp3) is 0.167. The largest absolute Gasteiger partial charge is 0.484 e. The Kier molecular flexibility index (Phi) is 2.87. The van der Waals surface area contributed by atoms with Gasteiger partial charge in [-0.05, 0) is 36.1 Å². The quantitative estimate of drug-likeness (QED) is 0.633. The molecule has 0 saturated carbocycles. The molecule has 3 atom stereocenters. The molecule has 3 unspecified atom stereocenters. The minimum atomic E-state index is 0.124. The van der Waals surface area contributed by atoms with E-state index in [4.69, 9.17) is 4.74 Å². The molecule has 0 radical (unpaired) electrons. The molecule has 1 aromatic heterocycles. The second kappa shape index (κ2) is 5.25. The Morgan fingerprint density at radius 1 is 0.962 bits per heavy atom. The van der Waals surface area contributed by atoms with Gasteiger partial charge in [0, 0.05) is 33.7 Å². The van der Waals surface area contributed by atoms with Crippen molar-refractivity contribution in [1.82, 2.24) is 4.98 Å². The molecule has 2 heteroatoms. The lowest BCUT2D eigenvalue weighted by molar-refractivity contribution is 0.198. The normalized spacial score (nSPS) is 25.4. The van der Waals surface area contributed by atoms with Gasteiger partial charge in [0.25, 0.3) is 0 Å². The van der Waals surface area contributed by atoms with E-state index in [9.17, 15) is 0 Å². The first-order chi connectivity index (χ1) is 12.9. The second-order valence-corrected chi connectivity index (χ2v) is 7.41. The monoisotopic (exact) mass is 337 g/mol. The number of ether oxygens (including phenoxy) is 1. The maximum atomic E-state index is 6.37. The number of aromatic amines is 1. The highest BCUT2D eigenvalue weighted by molar-refractivity contribution is 5.88. The van der Waals surface area contributed by atoms with Gasteiger partial charge in [0.15, 0.2) is 0 Å². The minimum absolute atomic E-state index is 0.124. The molecule has 3 aliphatic rings. The summed E-state index contributed by atoms with van der Waals surface area (Å²) in [7, 11) is 0. The highest BCUT2D eigenvalue weighted by Gasteiger charge is 2.39. The SMILES string of the molecule is C1=CC(C2C=Cc3[nH]c4ccccc4c3C2)C2Oc3ccccc3C2=C1. The van der Waals surface area contributed by atoms with Crippen LogP contribution in [0.15, 0.2) is 72.8 Å². The van der Waals surface area contributed by atoms with Crippen LogP contribution in [0.25, 0.3) is 22.6 Å². The van der Waals surface area contributed by atoms with E-state index in [1.807, 2.05) is 0 Å². The lowest BCUT2D eigenvalue weighted by atomic mass is 9.76. The maximum absolute atomic E-state index is 6.37. The molecule has 3 aromatic rings. The molecule has 26 heavy (non-hydrogen) atoms. The van der Waals surface area contributed by atoms with Gasteiger partial charge in [0.1, 0.15) is 11.9 Å². The summed E-state index contributed by atoms with van der Waals surface area (Å²) in [6.07, 6.45) is 12.6. The van der Waals surface area contributed by atoms with Gasteiger partial charge in [-0.3, -0.25) is 0 Å². The van der Waals surface area contributed by atoms with Gasteiger partial charge in [-0.25, -0.2) is 0 Å². The molecule has 126 valence electrons. The summed E-state index contributed by atoms with van der Waals surface area (Å²) >= 11 is 0. The Bertz CT molecular complexity index is 1110. The molecule has 0 amide bonds. The van der Waals surface area contributed by atoms with Crippen LogP contribution in [-0.2, 0) is 6.42 Å². The number of aromatic nitrogens is 1. The molecular weight excluding hydrogens is 318 g/mol. The zero-order valence-corrected chi connectivity index (χ0v) is 14.4. The van der Waals surface area contributed by atoms with Crippen molar-refractivity contribution in [2.45, 2.75) is 12.5 Å². The predicted molar refractivity (Wildman–Crippen MR) is 106 cm³/mol. The van der Waals surface area contributed by atoms with Crippen LogP contribution in [0.3, 0.4) is 0 Å². The maximum Gasteiger partial charge on any atom is 0.131 e. The number of hydrogen-bond acceptors (Lipinski definition) is 1. The number of allylic oxidation sites excluding steroid dienone is 3. The predicted octanol–water partition coefficient (Wildman–Crippen LogP) is 5.38. The molecule has 2 aromatic carbocycles. The molecule has 0 fully saturated rings. The summed E-state index contributed by atoms with van der Waals surface area (Å²) in [5.74, 6) is 1.83. The van der Waals surface area contributed by atoms with Gasteiger partial charge in [0.05, 0.1) is 0 Å². The summed E-state index contributed by atoms with van der Waals surface area (Å²) in [5.41, 5.74) is 6.50. The van der Waals surface area contributed by atoms with Crippen molar-refractivity contribution in [3.05, 3.63) is 89.7 Å². The van der Waals surface area contributed by atoms with E-state index in [2.05, 4.69) is 83.9 Å². The Labute approximate surface area is 152 Å². The van der Waals surface area contributed by atoms with E-state index in [-0.39, 0.29) is 6.10 Å². The average molecular weight is 337 g/mol. The van der Waals surface area contributed by atoms with E-state index >= 15 is 0 Å². The van der Waals surface area contributed by atoms with Crippen LogP contribution in [0.2, 0.25) is 0 Å². The van der Waals surface area contributed by atoms with E-state index < -0.39 is 0 Å². The van der Waals surface area contributed by atoms with E-state index in [0.29, 0.717) is 11.8 Å². The van der Waals surface area contributed by atoms with Crippen LogP contribution in [-0.4, -0.2) is 11.1 Å². The van der Waals surface area contributed by atoms with Crippen molar-refractivity contribution in [3.63, 3.8) is 0 Å². The van der Waals surface area contributed by atoms with Crippen LogP contribution < -0.4 is 4.74 Å². The minimum Gasteiger partial charge on any atom is -0.484 e. The number of para-hydroxylation sites is 2. The summed E-state index contributed by atoms with van der Waals surface area (Å²) in [5, 5.41) is 1.35. The van der Waals surface area contributed by atoms with Crippen molar-refractivity contribution >= 4 is 22.6 Å². The molecule has 6 rings (SSSR count). The number of hydrogen-bond donors (Lipinski definition) is 1. The summed E-state index contributed by atoms with van der Waals surface area (Å²) in [6, 6.07) is 17.0. The average Bonchev–Trinajstić information content (AvgIpc) is 3.25. The van der Waals surface area contributed by atoms with Crippen molar-refractivity contribution in [2.24, 2.45) is 11.8 Å². The molecule has 2 heterocycles. The molecule has 2 aliphatic carbocycles. The number of nitrogens with one attached hydrogen (secondary N) is 1. The van der Waals surface area contributed by atoms with Crippen LogP contribution >= 0.6 is 0 Å². The van der Waals surface area contributed by atoms with Crippen molar-refractivity contribution < 1.29 is 4.74 Å². The second-order valence-electron chi connectivity index (χ2n) is 7.41. The van der Waals surface area contributed by atoms with E-state index in [0.717, 1.165) is 12.2 Å². The molecule has 0 saturated heterocycles. The van der Waals surface area contributed by atoms with Crippen molar-refractivity contribution in [1.29, 1.82) is 0 Å². The van der Waals surface area contributed by atoms with Gasteiger partial charge < -0.3 is 9.72 Å². The van der Waals surface area contributed by atoms with Crippen LogP contribution in [0, 0.1) is 11.8 Å². The van der Waals surface area contributed by atoms with Gasteiger partial charge in [-0.15, -0.1) is 0 Å². The fourth-order valence-electron chi connectivity index (χ4n) is 4.76. The smallest absolute Gasteiger partial charge is 0.131 e. The Balaban J connectivity index is 1.37. The lowest BCUT2D eigenvalue weighted by Crippen LogP contribution is -2.31. The zero-order valence-electron chi connectivity index (χ0n) is 14.4. The van der Waals surface area contributed by atoms with E-state index in [1.165, 1.54) is 33.3 Å². The van der Waals surface area contributed by atoms with Gasteiger partial charge in [0.2, 0.25) is 0 Å². The zero-order chi connectivity index (χ0) is 17.1. The number of benzene rings is 2. The molecule has 1 N–H and O–H groups in total. The Morgan fingerprint density at radius 2 is 1.85 bits per heavy atom. The first-order valence-corrected chi connectivity index (χ1v) is 9.31. The molecule has 1 aliphatic heterocycles. The van der Waals surface area contributed by atoms with Crippen molar-refractivity contribution in [2.75, 3.05) is 0 Å². The van der Waals surface area contributed by atoms with Gasteiger partial charge in [-0.2, -0.15) is 0 Å². The Morgan fingerprint density at radius 3 is 2.85 bits per heavy atom. The summed E-state index contributed by atoms with van der Waals surface area (Å²) in [6.45, 7) is 0. The number of H-pyrrole nitrogens is 1. The summed E-state index contributed by atoms with van der Waals surface area (Å²) < 4.78 is 6.37. The number of rotatable bonds is 1. The fourth-order valence-corrected chi connectivity index (χ4v) is 4.76. The standard InChI is InChI=1S/C24H19NO/c1-3-10-21-17(6-1)20-14-15(12-13-22(20)25-21)16-8-5-9-19-18-7-2-4-11-23(18)26-24(16)19/h1-13,15-16,24-25H,14H2. The molecule has 2 nitrogen and oxygen atoms in total. The molecule has 0 bridgehead atoms. The number of fused-ring (bicyclic) bond motifs is 6. The molecular formula is C24H19NO. The van der Waals surface area contributed by atoms with Crippen molar-refractivity contribution in [3.8, 4) is 5.75 Å². The Hall–Kier alpha value is -3.00. The third kappa shape index (κ3) is 1.93. The van der Waals surface area contributed by atoms with Gasteiger partial charge >= 0.3 is 0 Å². The highest BCUT2D eigenvalue weighted by atomic mass is 16.5. The highest BCUT2D eigenvalue weighted by Crippen LogP contribution is 2.46. The first-order valence-electron chi connectivity index (χ1n) is 9.31. The van der Waals surface area contributed by atoms with Gasteiger partial charge in [-0.1, -0.05) is 60.7 Å². The lowest BCUT2D eigenvalue weighted by Gasteiger charge is -2.31. The first kappa shape index (κ1) is 14.2. The third-order valence-corrected chi connectivity index (χ3v) is 6.01. The van der Waals surface area contributed by atoms with E-state index in [1.54, 1.807) is 0 Å². The third-order valence-electron chi connectivity index (χ3n) is 6.01. The van der Waals surface area contributed by atoms with Crippen LogP contribution in [0.4, 0.5) is 0 Å². The topological polar surface area (TPSA) is 25.0 Å². The van der Waals surface area contributed by atoms with Crippen LogP contribution in [0.1, 0.15) is 16.8 Å². The summed E-state index contributed by atoms with van der Waals surface area (Å²) in [4.78, 5) is 3.55.